The molecule has 0 aromatic carbocycles. The number of nitrogens with zero attached hydrogens (tertiary/aromatic N) is 4. The van der Waals surface area contributed by atoms with E-state index in [1.165, 1.54) is 10.9 Å². The van der Waals surface area contributed by atoms with Crippen LogP contribution in [0.1, 0.15) is 18.2 Å². The van der Waals surface area contributed by atoms with Gasteiger partial charge in [-0.1, -0.05) is 5.21 Å². The van der Waals surface area contributed by atoms with E-state index in [0.717, 1.165) is 17.1 Å². The molecule has 0 bridgehead atoms. The summed E-state index contributed by atoms with van der Waals surface area (Å²) >= 11 is 0. The zero-order valence-electron chi connectivity index (χ0n) is 31.3. The highest BCUT2D eigenvalue weighted by Gasteiger charge is 2.35. The Balaban J connectivity index is 1.24. The predicted octanol–water partition coefficient (Wildman–Crippen LogP) is -0.452. The largest absolute Gasteiger partial charge is 0.481 e. The molecule has 2 rings (SSSR count). The molecular weight excluding hydrogens is 720 g/mol. The van der Waals surface area contributed by atoms with E-state index >= 15 is 0 Å². The Morgan fingerprint density at radius 3 is 1.19 bits per heavy atom. The summed E-state index contributed by atoms with van der Waals surface area (Å²) in [6.45, 7) is 11.1. The standard InChI is InChI=1S/C34H58N4O16/c1-43-6-7-45-10-11-47-14-15-49-18-19-51-22-23-53-26-27-54-25-24-52-21-20-50-17-16-48-13-12-46-9-8-44-5-4-37-29-30(35-36-37)31(28-34(41)42)38-32(39)2-3-33(38)40/h2-3,29,31H,4-28H2,1H3,(H,41,42). The molecule has 1 atom stereocenters. The molecule has 0 aliphatic carbocycles. The molecule has 0 spiro atoms. The highest BCUT2D eigenvalue weighted by Crippen LogP contribution is 2.25. The number of ether oxygens (including phenoxy) is 12. The Kier molecular flexibility index (Phi) is 29.1. The Labute approximate surface area is 316 Å². The van der Waals surface area contributed by atoms with Gasteiger partial charge in [-0.05, 0) is 0 Å². The second-order valence-corrected chi connectivity index (χ2v) is 11.1. The summed E-state index contributed by atoms with van der Waals surface area (Å²) in [6.07, 6.45) is 3.22. The van der Waals surface area contributed by atoms with Crippen LogP contribution in [0.25, 0.3) is 0 Å². The molecule has 1 aliphatic heterocycles. The summed E-state index contributed by atoms with van der Waals surface area (Å²) in [5, 5.41) is 17.1. The van der Waals surface area contributed by atoms with E-state index in [2.05, 4.69) is 10.3 Å². The third kappa shape index (κ3) is 24.4. The van der Waals surface area contributed by atoms with Gasteiger partial charge < -0.3 is 61.9 Å². The van der Waals surface area contributed by atoms with E-state index in [-0.39, 0.29) is 5.69 Å². The number of carbonyl (C=O) groups excluding carboxylic acids is 2. The molecule has 0 radical (unpaired) electrons. The summed E-state index contributed by atoms with van der Waals surface area (Å²) in [7, 11) is 1.64. The first kappa shape index (κ1) is 47.2. The van der Waals surface area contributed by atoms with E-state index < -0.39 is 30.2 Å². The number of methoxy groups -OCH3 is 1. The van der Waals surface area contributed by atoms with Gasteiger partial charge in [-0.3, -0.25) is 19.3 Å². The lowest BCUT2D eigenvalue weighted by atomic mass is 10.1. The summed E-state index contributed by atoms with van der Waals surface area (Å²) in [5.41, 5.74) is 0.206. The number of rotatable bonds is 40. The van der Waals surface area contributed by atoms with Gasteiger partial charge in [-0.15, -0.1) is 5.10 Å². The molecule has 1 aliphatic rings. The number of hydrogen-bond acceptors (Lipinski definition) is 17. The van der Waals surface area contributed by atoms with Gasteiger partial charge in [-0.25, -0.2) is 4.68 Å². The molecule has 1 unspecified atom stereocenters. The topological polar surface area (TPSA) is 216 Å². The number of amides is 2. The van der Waals surface area contributed by atoms with Crippen molar-refractivity contribution in [1.82, 2.24) is 19.9 Å². The molecule has 20 heteroatoms. The number of imide groups is 1. The molecule has 0 saturated heterocycles. The highest BCUT2D eigenvalue weighted by atomic mass is 16.6. The van der Waals surface area contributed by atoms with E-state index in [1.54, 1.807) is 7.11 Å². The lowest BCUT2D eigenvalue weighted by Crippen LogP contribution is -2.35. The molecule has 1 aromatic heterocycles. The van der Waals surface area contributed by atoms with Crippen molar-refractivity contribution in [2.75, 3.05) is 159 Å². The van der Waals surface area contributed by atoms with Crippen molar-refractivity contribution < 1.29 is 76.3 Å². The first-order valence-electron chi connectivity index (χ1n) is 18.0. The maximum Gasteiger partial charge on any atom is 0.305 e. The molecule has 2 amide bonds. The van der Waals surface area contributed by atoms with Crippen LogP contribution in [-0.4, -0.2) is 202 Å². The summed E-state index contributed by atoms with van der Waals surface area (Å²) < 4.78 is 66.3. The number of aliphatic carboxylic acids is 1. The lowest BCUT2D eigenvalue weighted by molar-refractivity contribution is -0.143. The van der Waals surface area contributed by atoms with Crippen molar-refractivity contribution in [2.45, 2.75) is 19.0 Å². The minimum atomic E-state index is -1.17. The SMILES string of the molecule is COCCOCCOCCOCCOCCOCCOCCOCCOCCOCCOCCOCCn1cc(C(CC(=O)O)N2C(=O)C=CC2=O)nn1. The number of carboxylic acid groups (broad SMARTS) is 1. The van der Waals surface area contributed by atoms with E-state index in [9.17, 15) is 19.5 Å². The van der Waals surface area contributed by atoms with Crippen LogP contribution in [0.3, 0.4) is 0 Å². The number of carbonyl (C=O) groups is 3. The van der Waals surface area contributed by atoms with Crippen LogP contribution in [0.4, 0.5) is 0 Å². The minimum absolute atomic E-state index is 0.206. The summed E-state index contributed by atoms with van der Waals surface area (Å²) in [5.74, 6) is -2.35. The molecule has 0 fully saturated rings. The average Bonchev–Trinajstić information content (AvgIpc) is 3.77. The van der Waals surface area contributed by atoms with Gasteiger partial charge in [0.1, 0.15) is 5.69 Å². The van der Waals surface area contributed by atoms with Gasteiger partial charge in [0.05, 0.1) is 177 Å². The molecule has 20 nitrogen and oxygen atoms in total. The molecular formula is C34H58N4O16. The third-order valence-electron chi connectivity index (χ3n) is 7.04. The van der Waals surface area contributed by atoms with E-state index in [1.807, 2.05) is 0 Å². The van der Waals surface area contributed by atoms with Gasteiger partial charge >= 0.3 is 5.97 Å². The Morgan fingerprint density at radius 2 is 0.870 bits per heavy atom. The average molecular weight is 779 g/mol. The Bertz CT molecular complexity index is 1110. The van der Waals surface area contributed by atoms with Crippen LogP contribution in [-0.2, 0) is 77.8 Å². The minimum Gasteiger partial charge on any atom is -0.481 e. The maximum absolute atomic E-state index is 12.0. The molecule has 54 heavy (non-hydrogen) atoms. The van der Waals surface area contributed by atoms with Crippen molar-refractivity contribution in [3.63, 3.8) is 0 Å². The summed E-state index contributed by atoms with van der Waals surface area (Å²) in [6, 6.07) is -1.05. The van der Waals surface area contributed by atoms with Crippen LogP contribution >= 0.6 is 0 Å². The zero-order valence-corrected chi connectivity index (χ0v) is 31.3. The van der Waals surface area contributed by atoms with E-state index in [4.69, 9.17) is 56.8 Å². The normalized spacial score (nSPS) is 13.5. The van der Waals surface area contributed by atoms with Crippen LogP contribution in [0, 0.1) is 0 Å². The van der Waals surface area contributed by atoms with Gasteiger partial charge in [0.2, 0.25) is 0 Å². The van der Waals surface area contributed by atoms with E-state index in [0.29, 0.717) is 159 Å². The molecule has 1 N–H and O–H groups in total. The first-order chi connectivity index (χ1) is 26.5. The quantitative estimate of drug-likeness (QED) is 0.0659. The fourth-order valence-electron chi connectivity index (χ4n) is 4.39. The van der Waals surface area contributed by atoms with Gasteiger partial charge in [0.25, 0.3) is 11.8 Å². The molecule has 1 aromatic rings. The van der Waals surface area contributed by atoms with Crippen LogP contribution in [0.2, 0.25) is 0 Å². The number of hydrogen-bond donors (Lipinski definition) is 1. The second kappa shape index (κ2) is 33.4. The predicted molar refractivity (Wildman–Crippen MR) is 187 cm³/mol. The first-order valence-corrected chi connectivity index (χ1v) is 18.0. The van der Waals surface area contributed by atoms with Crippen molar-refractivity contribution in [3.05, 3.63) is 24.0 Å². The Hall–Kier alpha value is -2.99. The Morgan fingerprint density at radius 1 is 0.556 bits per heavy atom. The fraction of sp³-hybridized carbons (Fsp3) is 0.794. The third-order valence-corrected chi connectivity index (χ3v) is 7.04. The van der Waals surface area contributed by atoms with Gasteiger partial charge in [-0.2, -0.15) is 0 Å². The lowest BCUT2D eigenvalue weighted by Gasteiger charge is -2.22. The molecule has 2 heterocycles. The summed E-state index contributed by atoms with van der Waals surface area (Å²) in [4.78, 5) is 36.2. The maximum atomic E-state index is 12.0. The van der Waals surface area contributed by atoms with Crippen molar-refractivity contribution in [1.29, 1.82) is 0 Å². The highest BCUT2D eigenvalue weighted by molar-refractivity contribution is 6.13. The van der Waals surface area contributed by atoms with Crippen LogP contribution < -0.4 is 0 Å². The molecule has 310 valence electrons. The fourth-order valence-corrected chi connectivity index (χ4v) is 4.39. The smallest absolute Gasteiger partial charge is 0.305 e. The number of aromatic nitrogens is 3. The second-order valence-electron chi connectivity index (χ2n) is 11.1. The monoisotopic (exact) mass is 778 g/mol. The van der Waals surface area contributed by atoms with Gasteiger partial charge in [0, 0.05) is 19.3 Å². The molecule has 0 saturated carbocycles. The van der Waals surface area contributed by atoms with Crippen LogP contribution in [0.5, 0.6) is 0 Å². The van der Waals surface area contributed by atoms with Crippen molar-refractivity contribution in [3.8, 4) is 0 Å². The van der Waals surface area contributed by atoms with Gasteiger partial charge in [0.15, 0.2) is 0 Å². The number of carboxylic acids is 1. The van der Waals surface area contributed by atoms with Crippen molar-refractivity contribution >= 4 is 17.8 Å². The van der Waals surface area contributed by atoms with Crippen molar-refractivity contribution in [2.24, 2.45) is 0 Å². The zero-order chi connectivity index (χ0) is 38.7. The van der Waals surface area contributed by atoms with Crippen LogP contribution in [0.15, 0.2) is 18.3 Å².